The Morgan fingerprint density at radius 3 is 2.15 bits per heavy atom. The molecule has 0 bridgehead atoms. The average molecular weight is 277 g/mol. The van der Waals surface area contributed by atoms with E-state index in [-0.39, 0.29) is 5.69 Å². The molecular weight excluding hydrogens is 262 g/mol. The van der Waals surface area contributed by atoms with Crippen molar-refractivity contribution in [3.8, 4) is 28.4 Å². The lowest BCUT2D eigenvalue weighted by molar-refractivity contribution is 0.0692. The summed E-state index contributed by atoms with van der Waals surface area (Å²) < 4.78 is 15.7. The van der Waals surface area contributed by atoms with Gasteiger partial charge in [0.2, 0.25) is 5.75 Å². The van der Waals surface area contributed by atoms with Gasteiger partial charge < -0.3 is 24.3 Å². The van der Waals surface area contributed by atoms with Crippen LogP contribution in [-0.4, -0.2) is 37.4 Å². The van der Waals surface area contributed by atoms with E-state index in [1.54, 1.807) is 24.4 Å². The van der Waals surface area contributed by atoms with Crippen molar-refractivity contribution < 1.29 is 24.1 Å². The van der Waals surface area contributed by atoms with Crippen LogP contribution in [0.2, 0.25) is 0 Å². The fourth-order valence-corrected chi connectivity index (χ4v) is 2.02. The molecule has 1 aromatic carbocycles. The number of methoxy groups -OCH3 is 3. The molecule has 0 aliphatic heterocycles. The molecule has 0 fully saturated rings. The van der Waals surface area contributed by atoms with Gasteiger partial charge >= 0.3 is 5.97 Å². The Hall–Kier alpha value is -2.63. The number of carbonyl (C=O) groups is 1. The van der Waals surface area contributed by atoms with Crippen LogP contribution in [0.5, 0.6) is 17.2 Å². The van der Waals surface area contributed by atoms with Gasteiger partial charge in [0.15, 0.2) is 11.5 Å². The molecule has 20 heavy (non-hydrogen) atoms. The molecule has 0 spiro atoms. The summed E-state index contributed by atoms with van der Waals surface area (Å²) >= 11 is 0. The van der Waals surface area contributed by atoms with Crippen molar-refractivity contribution in [1.82, 2.24) is 4.98 Å². The summed E-state index contributed by atoms with van der Waals surface area (Å²) in [7, 11) is 4.53. The fraction of sp³-hybridized carbons (Fsp3) is 0.214. The van der Waals surface area contributed by atoms with E-state index in [0.717, 1.165) is 0 Å². The van der Waals surface area contributed by atoms with Crippen LogP contribution in [0.4, 0.5) is 0 Å². The van der Waals surface area contributed by atoms with Crippen molar-refractivity contribution in [2.24, 2.45) is 0 Å². The number of nitrogens with one attached hydrogen (secondary N) is 1. The van der Waals surface area contributed by atoms with Crippen molar-refractivity contribution in [3.63, 3.8) is 0 Å². The lowest BCUT2D eigenvalue weighted by Crippen LogP contribution is -2.00. The van der Waals surface area contributed by atoms with Crippen LogP contribution in [0.15, 0.2) is 24.4 Å². The number of hydrogen-bond donors (Lipinski definition) is 2. The molecule has 0 atom stereocenters. The molecule has 0 aliphatic carbocycles. The maximum Gasteiger partial charge on any atom is 0.352 e. The third-order valence-electron chi connectivity index (χ3n) is 2.94. The number of rotatable bonds is 5. The zero-order chi connectivity index (χ0) is 14.7. The van der Waals surface area contributed by atoms with Crippen LogP contribution in [-0.2, 0) is 0 Å². The van der Waals surface area contributed by atoms with E-state index >= 15 is 0 Å². The standard InChI is InChI=1S/C14H15NO5/c1-18-10-6-8(7-11(19-2)13(10)20-3)9-4-5-15-12(9)14(16)17/h4-7,15H,1-3H3,(H,16,17). The van der Waals surface area contributed by atoms with E-state index in [2.05, 4.69) is 4.98 Å². The minimum atomic E-state index is -1.03. The molecule has 0 saturated heterocycles. The summed E-state index contributed by atoms with van der Waals surface area (Å²) in [6.07, 6.45) is 1.57. The Balaban J connectivity index is 2.63. The molecule has 2 rings (SSSR count). The molecule has 6 heteroatoms. The van der Waals surface area contributed by atoms with E-state index in [0.29, 0.717) is 28.4 Å². The largest absolute Gasteiger partial charge is 0.493 e. The van der Waals surface area contributed by atoms with Gasteiger partial charge in [-0.1, -0.05) is 0 Å². The van der Waals surface area contributed by atoms with Crippen LogP contribution < -0.4 is 14.2 Å². The molecule has 1 heterocycles. The van der Waals surface area contributed by atoms with Crippen LogP contribution in [0.1, 0.15) is 10.5 Å². The first-order valence-electron chi connectivity index (χ1n) is 5.83. The zero-order valence-electron chi connectivity index (χ0n) is 11.4. The third kappa shape index (κ3) is 2.27. The number of aromatic carboxylic acids is 1. The highest BCUT2D eigenvalue weighted by Crippen LogP contribution is 2.41. The number of aromatic amines is 1. The topological polar surface area (TPSA) is 80.8 Å². The van der Waals surface area contributed by atoms with Crippen LogP contribution in [0, 0.1) is 0 Å². The average Bonchev–Trinajstić information content (AvgIpc) is 2.95. The minimum Gasteiger partial charge on any atom is -0.493 e. The molecule has 106 valence electrons. The van der Waals surface area contributed by atoms with Gasteiger partial charge in [-0.05, 0) is 23.8 Å². The molecule has 0 saturated carbocycles. The molecule has 0 amide bonds. The van der Waals surface area contributed by atoms with Gasteiger partial charge in [-0.25, -0.2) is 4.79 Å². The fourth-order valence-electron chi connectivity index (χ4n) is 2.02. The molecular formula is C14H15NO5. The van der Waals surface area contributed by atoms with Crippen molar-refractivity contribution in [3.05, 3.63) is 30.1 Å². The van der Waals surface area contributed by atoms with Crippen molar-refractivity contribution in [1.29, 1.82) is 0 Å². The first-order chi connectivity index (χ1) is 9.62. The number of ether oxygens (including phenoxy) is 3. The van der Waals surface area contributed by atoms with E-state index in [1.165, 1.54) is 21.3 Å². The van der Waals surface area contributed by atoms with Crippen LogP contribution in [0.3, 0.4) is 0 Å². The second kappa shape index (κ2) is 5.56. The van der Waals surface area contributed by atoms with E-state index in [4.69, 9.17) is 19.3 Å². The Kier molecular flexibility index (Phi) is 3.84. The monoisotopic (exact) mass is 277 g/mol. The Morgan fingerprint density at radius 1 is 1.10 bits per heavy atom. The first-order valence-corrected chi connectivity index (χ1v) is 5.83. The number of aromatic nitrogens is 1. The van der Waals surface area contributed by atoms with E-state index in [9.17, 15) is 4.79 Å². The van der Waals surface area contributed by atoms with Gasteiger partial charge in [0, 0.05) is 11.8 Å². The molecule has 0 aliphatic rings. The third-order valence-corrected chi connectivity index (χ3v) is 2.94. The highest BCUT2D eigenvalue weighted by Gasteiger charge is 2.18. The minimum absolute atomic E-state index is 0.110. The van der Waals surface area contributed by atoms with E-state index < -0.39 is 5.97 Å². The summed E-state index contributed by atoms with van der Waals surface area (Å²) in [5.41, 5.74) is 1.33. The van der Waals surface area contributed by atoms with Crippen LogP contribution >= 0.6 is 0 Å². The number of hydrogen-bond acceptors (Lipinski definition) is 4. The molecule has 2 N–H and O–H groups in total. The van der Waals surface area contributed by atoms with Gasteiger partial charge in [0.25, 0.3) is 0 Å². The summed E-state index contributed by atoms with van der Waals surface area (Å²) in [5.74, 6) is 0.378. The summed E-state index contributed by atoms with van der Waals surface area (Å²) in [5, 5.41) is 9.15. The lowest BCUT2D eigenvalue weighted by atomic mass is 10.0. The molecule has 2 aromatic rings. The smallest absolute Gasteiger partial charge is 0.352 e. The number of carboxylic acid groups (broad SMARTS) is 1. The highest BCUT2D eigenvalue weighted by atomic mass is 16.5. The zero-order valence-corrected chi connectivity index (χ0v) is 11.4. The summed E-state index contributed by atoms with van der Waals surface area (Å²) in [4.78, 5) is 13.9. The van der Waals surface area contributed by atoms with Gasteiger partial charge in [0.05, 0.1) is 21.3 Å². The Morgan fingerprint density at radius 2 is 1.70 bits per heavy atom. The summed E-state index contributed by atoms with van der Waals surface area (Å²) in [6.45, 7) is 0. The number of carboxylic acids is 1. The lowest BCUT2D eigenvalue weighted by Gasteiger charge is -2.14. The molecule has 0 unspecified atom stereocenters. The van der Waals surface area contributed by atoms with Gasteiger partial charge in [-0.15, -0.1) is 0 Å². The highest BCUT2D eigenvalue weighted by molar-refractivity contribution is 5.94. The van der Waals surface area contributed by atoms with Crippen molar-refractivity contribution in [2.75, 3.05) is 21.3 Å². The molecule has 6 nitrogen and oxygen atoms in total. The normalized spacial score (nSPS) is 10.2. The predicted molar refractivity (Wildman–Crippen MR) is 72.8 cm³/mol. The number of benzene rings is 1. The SMILES string of the molecule is COc1cc(-c2cc[nH]c2C(=O)O)cc(OC)c1OC. The van der Waals surface area contributed by atoms with Gasteiger partial charge in [0.1, 0.15) is 5.69 Å². The first kappa shape index (κ1) is 13.8. The molecule has 1 aromatic heterocycles. The number of H-pyrrole nitrogens is 1. The quantitative estimate of drug-likeness (QED) is 0.877. The van der Waals surface area contributed by atoms with E-state index in [1.807, 2.05) is 0 Å². The maximum absolute atomic E-state index is 11.2. The summed E-state index contributed by atoms with van der Waals surface area (Å²) in [6, 6.07) is 5.10. The second-order valence-corrected chi connectivity index (χ2v) is 3.99. The predicted octanol–water partition coefficient (Wildman–Crippen LogP) is 2.41. The van der Waals surface area contributed by atoms with Gasteiger partial charge in [-0.3, -0.25) is 0 Å². The Labute approximate surface area is 115 Å². The second-order valence-electron chi connectivity index (χ2n) is 3.99. The Bertz CT molecular complexity index is 607. The maximum atomic E-state index is 11.2. The van der Waals surface area contributed by atoms with Crippen molar-refractivity contribution >= 4 is 5.97 Å². The molecule has 0 radical (unpaired) electrons. The van der Waals surface area contributed by atoms with Crippen LogP contribution in [0.25, 0.3) is 11.1 Å². The van der Waals surface area contributed by atoms with Gasteiger partial charge in [-0.2, -0.15) is 0 Å². The van der Waals surface area contributed by atoms with Crippen molar-refractivity contribution in [2.45, 2.75) is 0 Å².